The number of hydrogen-bond donors (Lipinski definition) is 0. The first kappa shape index (κ1) is 11.0. The lowest BCUT2D eigenvalue weighted by molar-refractivity contribution is -0.138. The number of rotatable bonds is 1. The van der Waals surface area contributed by atoms with Gasteiger partial charge >= 0.3 is 6.18 Å². The lowest BCUT2D eigenvalue weighted by Crippen LogP contribution is -2.13. The Labute approximate surface area is 82.7 Å². The van der Waals surface area contributed by atoms with Crippen molar-refractivity contribution in [2.45, 2.75) is 13.1 Å². The van der Waals surface area contributed by atoms with E-state index in [1.807, 2.05) is 0 Å². The zero-order valence-corrected chi connectivity index (χ0v) is 7.78. The van der Waals surface area contributed by atoms with Crippen LogP contribution >= 0.6 is 11.6 Å². The van der Waals surface area contributed by atoms with Crippen molar-refractivity contribution in [3.05, 3.63) is 28.5 Å². The fourth-order valence-corrected chi connectivity index (χ4v) is 1.09. The van der Waals surface area contributed by atoms with Gasteiger partial charge in [0, 0.05) is 13.1 Å². The maximum Gasteiger partial charge on any atom is 0.418 e. The van der Waals surface area contributed by atoms with Gasteiger partial charge in [0.2, 0.25) is 0 Å². The molecular weight excluding hydrogens is 219 g/mol. The Balaban J connectivity index is 3.38. The van der Waals surface area contributed by atoms with E-state index in [2.05, 4.69) is 4.98 Å². The second-order valence-electron chi connectivity index (χ2n) is 2.60. The smallest absolute Gasteiger partial charge is 0.293 e. The van der Waals surface area contributed by atoms with Crippen LogP contribution in [-0.4, -0.2) is 10.8 Å². The molecule has 0 N–H and O–H groups in total. The van der Waals surface area contributed by atoms with E-state index in [4.69, 9.17) is 11.6 Å². The van der Waals surface area contributed by atoms with Gasteiger partial charge in [-0.1, -0.05) is 11.6 Å². The molecule has 6 heteroatoms. The van der Waals surface area contributed by atoms with E-state index >= 15 is 0 Å². The molecule has 1 aromatic heterocycles. The van der Waals surface area contributed by atoms with E-state index in [-0.39, 0.29) is 5.02 Å². The van der Waals surface area contributed by atoms with Crippen molar-refractivity contribution in [1.82, 2.24) is 4.98 Å². The first-order valence-electron chi connectivity index (χ1n) is 3.56. The molecule has 0 saturated heterocycles. The summed E-state index contributed by atoms with van der Waals surface area (Å²) in [5.74, 6) is -0.742. The van der Waals surface area contributed by atoms with Crippen LogP contribution in [0.25, 0.3) is 0 Å². The number of aromatic nitrogens is 1. The second-order valence-corrected chi connectivity index (χ2v) is 3.04. The topological polar surface area (TPSA) is 30.0 Å². The van der Waals surface area contributed by atoms with Crippen LogP contribution in [0.5, 0.6) is 0 Å². The van der Waals surface area contributed by atoms with E-state index in [0.717, 1.165) is 13.1 Å². The molecule has 0 spiro atoms. The molecule has 76 valence electrons. The number of pyridine rings is 1. The van der Waals surface area contributed by atoms with Crippen LogP contribution in [0.4, 0.5) is 13.2 Å². The summed E-state index contributed by atoms with van der Waals surface area (Å²) in [6, 6.07) is 0.686. The minimum absolute atomic E-state index is 0.151. The third-order valence-electron chi connectivity index (χ3n) is 1.49. The Morgan fingerprint density at radius 1 is 1.50 bits per heavy atom. The van der Waals surface area contributed by atoms with Crippen LogP contribution < -0.4 is 0 Å². The van der Waals surface area contributed by atoms with Crippen LogP contribution in [0.3, 0.4) is 0 Å². The number of halogens is 4. The third kappa shape index (κ3) is 2.23. The number of hydrogen-bond acceptors (Lipinski definition) is 2. The van der Waals surface area contributed by atoms with E-state index in [0.29, 0.717) is 6.07 Å². The summed E-state index contributed by atoms with van der Waals surface area (Å²) in [7, 11) is 0. The van der Waals surface area contributed by atoms with Gasteiger partial charge in [0.25, 0.3) is 0 Å². The van der Waals surface area contributed by atoms with Crippen molar-refractivity contribution < 1.29 is 18.0 Å². The molecular formula is C8H5ClF3NO. The molecule has 14 heavy (non-hydrogen) atoms. The fraction of sp³-hybridized carbons (Fsp3) is 0.250. The van der Waals surface area contributed by atoms with Crippen LogP contribution in [0.1, 0.15) is 23.0 Å². The molecule has 0 aliphatic heterocycles. The third-order valence-corrected chi connectivity index (χ3v) is 1.70. The zero-order valence-electron chi connectivity index (χ0n) is 7.02. The first-order valence-corrected chi connectivity index (χ1v) is 3.94. The summed E-state index contributed by atoms with van der Waals surface area (Å²) >= 11 is 5.35. The fourth-order valence-electron chi connectivity index (χ4n) is 0.936. The van der Waals surface area contributed by atoms with E-state index in [1.54, 1.807) is 0 Å². The average Bonchev–Trinajstić information content (AvgIpc) is 2.01. The Morgan fingerprint density at radius 3 is 2.50 bits per heavy atom. The summed E-state index contributed by atoms with van der Waals surface area (Å²) in [5, 5.41) is -0.151. The largest absolute Gasteiger partial charge is 0.418 e. The van der Waals surface area contributed by atoms with Crippen molar-refractivity contribution >= 4 is 17.4 Å². The predicted octanol–water partition coefficient (Wildman–Crippen LogP) is 2.96. The van der Waals surface area contributed by atoms with Gasteiger partial charge in [-0.05, 0) is 6.07 Å². The zero-order chi connectivity index (χ0) is 10.9. The molecule has 0 bridgehead atoms. The molecule has 0 atom stereocenters. The van der Waals surface area contributed by atoms with Crippen molar-refractivity contribution in [2.75, 3.05) is 0 Å². The van der Waals surface area contributed by atoms with E-state index < -0.39 is 23.2 Å². The summed E-state index contributed by atoms with van der Waals surface area (Å²) in [6.07, 6.45) is -3.60. The van der Waals surface area contributed by atoms with Crippen molar-refractivity contribution in [3.8, 4) is 0 Å². The molecule has 0 saturated carbocycles. The Morgan fingerprint density at radius 2 is 2.07 bits per heavy atom. The maximum absolute atomic E-state index is 12.3. The number of ketones is 1. The molecule has 0 radical (unpaired) electrons. The van der Waals surface area contributed by atoms with E-state index in [9.17, 15) is 18.0 Å². The summed E-state index contributed by atoms with van der Waals surface area (Å²) in [5.41, 5.74) is -1.71. The van der Waals surface area contributed by atoms with Crippen molar-refractivity contribution in [2.24, 2.45) is 0 Å². The van der Waals surface area contributed by atoms with Gasteiger partial charge in [0.05, 0.1) is 10.6 Å². The van der Waals surface area contributed by atoms with Crippen molar-refractivity contribution in [1.29, 1.82) is 0 Å². The van der Waals surface area contributed by atoms with Gasteiger partial charge in [0.1, 0.15) is 5.69 Å². The minimum atomic E-state index is -4.61. The van der Waals surface area contributed by atoms with Gasteiger partial charge in [-0.3, -0.25) is 9.78 Å². The highest BCUT2D eigenvalue weighted by atomic mass is 35.5. The monoisotopic (exact) mass is 223 g/mol. The molecule has 1 heterocycles. The standard InChI is InChI=1S/C8H5ClF3NO/c1-4(14)7-6(8(10,11)12)2-5(9)3-13-7/h2-3H,1H3. The normalized spacial score (nSPS) is 11.5. The van der Waals surface area contributed by atoms with Gasteiger partial charge in [-0.2, -0.15) is 13.2 Å². The highest BCUT2D eigenvalue weighted by molar-refractivity contribution is 6.30. The van der Waals surface area contributed by atoms with Gasteiger partial charge in [0.15, 0.2) is 5.78 Å². The van der Waals surface area contributed by atoms with Crippen LogP contribution in [0, 0.1) is 0 Å². The molecule has 0 aliphatic rings. The Bertz CT molecular complexity index is 375. The predicted molar refractivity (Wildman–Crippen MR) is 44.3 cm³/mol. The molecule has 0 amide bonds. The van der Waals surface area contributed by atoms with Crippen molar-refractivity contribution in [3.63, 3.8) is 0 Å². The number of carbonyl (C=O) groups is 1. The van der Waals surface area contributed by atoms with Crippen LogP contribution in [0.15, 0.2) is 12.3 Å². The average molecular weight is 224 g/mol. The maximum atomic E-state index is 12.3. The molecule has 0 aromatic carbocycles. The number of carbonyl (C=O) groups excluding carboxylic acids is 1. The highest BCUT2D eigenvalue weighted by Gasteiger charge is 2.35. The first-order chi connectivity index (χ1) is 6.32. The number of alkyl halides is 3. The molecule has 0 unspecified atom stereocenters. The Hall–Kier alpha value is -1.10. The highest BCUT2D eigenvalue weighted by Crippen LogP contribution is 2.32. The van der Waals surface area contributed by atoms with Gasteiger partial charge in [-0.15, -0.1) is 0 Å². The lowest BCUT2D eigenvalue weighted by Gasteiger charge is -2.09. The molecule has 1 aromatic rings. The molecule has 1 rings (SSSR count). The van der Waals surface area contributed by atoms with Crippen LogP contribution in [0.2, 0.25) is 5.02 Å². The second kappa shape index (κ2) is 3.57. The number of nitrogens with zero attached hydrogens (tertiary/aromatic N) is 1. The molecule has 0 fully saturated rings. The van der Waals surface area contributed by atoms with Crippen LogP contribution in [-0.2, 0) is 6.18 Å². The van der Waals surface area contributed by atoms with Gasteiger partial charge < -0.3 is 0 Å². The number of Topliss-reactive ketones (excluding diaryl/α,β-unsaturated/α-hetero) is 1. The van der Waals surface area contributed by atoms with E-state index in [1.165, 1.54) is 0 Å². The van der Waals surface area contributed by atoms with Gasteiger partial charge in [-0.25, -0.2) is 0 Å². The summed E-state index contributed by atoms with van der Waals surface area (Å²) in [6.45, 7) is 1.02. The Kier molecular flexibility index (Phi) is 2.80. The lowest BCUT2D eigenvalue weighted by atomic mass is 10.1. The summed E-state index contributed by atoms with van der Waals surface area (Å²) in [4.78, 5) is 14.2. The SMILES string of the molecule is CC(=O)c1ncc(Cl)cc1C(F)(F)F. The molecule has 2 nitrogen and oxygen atoms in total. The minimum Gasteiger partial charge on any atom is -0.293 e. The molecule has 0 aliphatic carbocycles. The summed E-state index contributed by atoms with van der Waals surface area (Å²) < 4.78 is 37.0. The quantitative estimate of drug-likeness (QED) is 0.685.